The maximum Gasteiger partial charge on any atom is 0.728 e. The lowest BCUT2D eigenvalue weighted by molar-refractivity contribution is -0.231. The molecule has 0 radical (unpaired) electrons. The van der Waals surface area contributed by atoms with Crippen molar-refractivity contribution in [1.29, 1.82) is 0 Å². The Kier molecular flexibility index (Phi) is 22.3. The molecule has 0 aliphatic rings. The SMILES string of the molecule is CC(C)CCCC(C)CCCC(C)CCCC(C)CC(=O)OCC(COO[P+](=O)OCCN)OC=O. The second-order valence-corrected chi connectivity index (χ2v) is 11.3. The average molecular weight is 537 g/mol. The molecule has 0 saturated heterocycles. The molecule has 0 saturated carbocycles. The minimum Gasteiger partial charge on any atom is -0.462 e. The molecule has 5 atom stereocenters. The van der Waals surface area contributed by atoms with Crippen molar-refractivity contribution < 1.29 is 37.7 Å². The first-order chi connectivity index (χ1) is 17.2. The summed E-state index contributed by atoms with van der Waals surface area (Å²) >= 11 is 0. The van der Waals surface area contributed by atoms with E-state index >= 15 is 0 Å². The van der Waals surface area contributed by atoms with Crippen LogP contribution >= 0.6 is 8.25 Å². The maximum absolute atomic E-state index is 12.2. The van der Waals surface area contributed by atoms with E-state index in [9.17, 15) is 14.2 Å². The zero-order valence-corrected chi connectivity index (χ0v) is 24.0. The first kappa shape index (κ1) is 34.9. The van der Waals surface area contributed by atoms with Crippen molar-refractivity contribution in [2.75, 3.05) is 26.4 Å². The smallest absolute Gasteiger partial charge is 0.462 e. The average Bonchev–Trinajstić information content (AvgIpc) is 2.80. The van der Waals surface area contributed by atoms with Crippen LogP contribution in [0.4, 0.5) is 0 Å². The van der Waals surface area contributed by atoms with Crippen LogP contribution in [0.3, 0.4) is 0 Å². The van der Waals surface area contributed by atoms with Crippen LogP contribution in [0.25, 0.3) is 0 Å². The Labute approximate surface area is 219 Å². The molecule has 36 heavy (non-hydrogen) atoms. The third-order valence-corrected chi connectivity index (χ3v) is 6.76. The molecule has 0 bridgehead atoms. The third kappa shape index (κ3) is 22.1. The molecular weight excluding hydrogens is 485 g/mol. The number of carbonyl (C=O) groups is 2. The van der Waals surface area contributed by atoms with Crippen LogP contribution in [0.5, 0.6) is 0 Å². The normalized spacial score (nSPS) is 15.2. The number of esters is 1. The van der Waals surface area contributed by atoms with Gasteiger partial charge in [0.1, 0.15) is 19.8 Å². The van der Waals surface area contributed by atoms with Gasteiger partial charge in [-0.2, -0.15) is 4.89 Å². The second kappa shape index (κ2) is 23.0. The lowest BCUT2D eigenvalue weighted by atomic mass is 9.91. The fraction of sp³-hybridized carbons (Fsp3) is 0.923. The van der Waals surface area contributed by atoms with Gasteiger partial charge in [0.25, 0.3) is 6.47 Å². The molecule has 0 rings (SSSR count). The fourth-order valence-corrected chi connectivity index (χ4v) is 4.37. The Bertz CT molecular complexity index is 578. The van der Waals surface area contributed by atoms with Gasteiger partial charge < -0.3 is 15.2 Å². The molecule has 0 aromatic rings. The molecule has 5 unspecified atom stereocenters. The molecule has 0 fully saturated rings. The Balaban J connectivity index is 3.96. The van der Waals surface area contributed by atoms with Crippen molar-refractivity contribution in [2.24, 2.45) is 29.4 Å². The zero-order chi connectivity index (χ0) is 27.2. The Morgan fingerprint density at radius 2 is 1.42 bits per heavy atom. The second-order valence-electron chi connectivity index (χ2n) is 10.4. The van der Waals surface area contributed by atoms with Crippen LogP contribution in [0, 0.1) is 23.7 Å². The topological polar surface area (TPSA) is 123 Å². The van der Waals surface area contributed by atoms with Gasteiger partial charge in [-0.05, 0) is 23.7 Å². The number of rotatable bonds is 25. The van der Waals surface area contributed by atoms with E-state index in [2.05, 4.69) is 32.4 Å². The van der Waals surface area contributed by atoms with Crippen molar-refractivity contribution in [1.82, 2.24) is 0 Å². The lowest BCUT2D eigenvalue weighted by Crippen LogP contribution is -2.27. The molecule has 9 nitrogen and oxygen atoms in total. The van der Waals surface area contributed by atoms with Crippen LogP contribution in [-0.4, -0.2) is 44.9 Å². The van der Waals surface area contributed by atoms with Gasteiger partial charge in [-0.25, -0.2) is 0 Å². The summed E-state index contributed by atoms with van der Waals surface area (Å²) in [6.45, 7) is 11.4. The van der Waals surface area contributed by atoms with Crippen molar-refractivity contribution in [3.05, 3.63) is 0 Å². The van der Waals surface area contributed by atoms with E-state index in [1.54, 1.807) is 0 Å². The van der Waals surface area contributed by atoms with Gasteiger partial charge in [0.15, 0.2) is 6.10 Å². The van der Waals surface area contributed by atoms with Crippen molar-refractivity contribution in [3.8, 4) is 0 Å². The van der Waals surface area contributed by atoms with Crippen LogP contribution in [0.15, 0.2) is 0 Å². The van der Waals surface area contributed by atoms with Crippen molar-refractivity contribution in [3.63, 3.8) is 0 Å². The Morgan fingerprint density at radius 3 is 1.94 bits per heavy atom. The van der Waals surface area contributed by atoms with Crippen LogP contribution in [0.1, 0.15) is 98.8 Å². The molecule has 0 amide bonds. The quantitative estimate of drug-likeness (QED) is 0.0483. The van der Waals surface area contributed by atoms with Gasteiger partial charge >= 0.3 is 14.2 Å². The molecular formula is C26H51NO8P+. The molecule has 0 heterocycles. The van der Waals surface area contributed by atoms with Gasteiger partial charge in [0, 0.05) is 17.5 Å². The molecule has 0 aliphatic heterocycles. The van der Waals surface area contributed by atoms with Crippen LogP contribution in [0.2, 0.25) is 0 Å². The molecule has 2 N–H and O–H groups in total. The van der Waals surface area contributed by atoms with Crippen LogP contribution in [-0.2, 0) is 37.7 Å². The first-order valence-corrected chi connectivity index (χ1v) is 14.6. The molecule has 212 valence electrons. The zero-order valence-electron chi connectivity index (χ0n) is 23.2. The van der Waals surface area contributed by atoms with E-state index in [0.717, 1.165) is 24.7 Å². The predicted molar refractivity (Wildman–Crippen MR) is 140 cm³/mol. The number of ether oxygens (including phenoxy) is 2. The molecule has 0 aliphatic carbocycles. The third-order valence-electron chi connectivity index (χ3n) is 6.14. The minimum atomic E-state index is -2.49. The van der Waals surface area contributed by atoms with Crippen molar-refractivity contribution >= 4 is 20.7 Å². The number of hydrogen-bond donors (Lipinski definition) is 1. The monoisotopic (exact) mass is 536 g/mol. The van der Waals surface area contributed by atoms with Gasteiger partial charge in [-0.1, -0.05) is 92.4 Å². The fourth-order valence-electron chi connectivity index (χ4n) is 3.93. The summed E-state index contributed by atoms with van der Waals surface area (Å²) in [6, 6.07) is 0. The molecule has 10 heteroatoms. The summed E-state index contributed by atoms with van der Waals surface area (Å²) in [7, 11) is -2.49. The predicted octanol–water partition coefficient (Wildman–Crippen LogP) is 6.12. The largest absolute Gasteiger partial charge is 0.728 e. The van der Waals surface area contributed by atoms with Gasteiger partial charge in [-0.3, -0.25) is 9.59 Å². The van der Waals surface area contributed by atoms with Gasteiger partial charge in [-0.15, -0.1) is 4.52 Å². The van der Waals surface area contributed by atoms with E-state index in [0.29, 0.717) is 12.3 Å². The van der Waals surface area contributed by atoms with E-state index in [1.165, 1.54) is 44.9 Å². The van der Waals surface area contributed by atoms with Crippen LogP contribution < -0.4 is 5.73 Å². The maximum atomic E-state index is 12.2. The Hall–Kier alpha value is -1.12. The summed E-state index contributed by atoms with van der Waals surface area (Å²) in [5, 5.41) is 0. The van der Waals surface area contributed by atoms with E-state index in [4.69, 9.17) is 24.6 Å². The molecule has 0 spiro atoms. The summed E-state index contributed by atoms with van der Waals surface area (Å²) in [4.78, 5) is 27.6. The summed E-state index contributed by atoms with van der Waals surface area (Å²) < 4.78 is 30.6. The summed E-state index contributed by atoms with van der Waals surface area (Å²) in [5.41, 5.74) is 5.22. The number of hydrogen-bond acceptors (Lipinski definition) is 9. The summed E-state index contributed by atoms with van der Waals surface area (Å²) in [6.07, 6.45) is 10.5. The minimum absolute atomic E-state index is 0.0551. The van der Waals surface area contributed by atoms with Gasteiger partial charge in [0.2, 0.25) is 0 Å². The standard InChI is InChI=1S/C26H51NO8P/c1-21(2)9-6-10-22(3)11-7-12-23(4)13-8-14-24(5)17-26(29)31-18-25(32-20-28)19-33-35-36(30)34-16-15-27/h20-25H,6-19,27H2,1-5H3/q+1. The van der Waals surface area contributed by atoms with E-state index in [1.807, 2.05) is 6.92 Å². The highest BCUT2D eigenvalue weighted by Gasteiger charge is 2.24. The molecule has 0 aromatic carbocycles. The molecule has 0 aromatic heterocycles. The number of nitrogens with two attached hydrogens (primary N) is 1. The van der Waals surface area contributed by atoms with Crippen molar-refractivity contribution in [2.45, 2.75) is 105 Å². The highest BCUT2D eigenvalue weighted by atomic mass is 31.1. The summed E-state index contributed by atoms with van der Waals surface area (Å²) in [5.74, 6) is 2.17. The number of carbonyl (C=O) groups excluding carboxylic acids is 2. The Morgan fingerprint density at radius 1 is 0.861 bits per heavy atom. The highest BCUT2D eigenvalue weighted by molar-refractivity contribution is 7.33. The van der Waals surface area contributed by atoms with Gasteiger partial charge in [0.05, 0.1) is 4.67 Å². The van der Waals surface area contributed by atoms with E-state index < -0.39 is 14.4 Å². The first-order valence-electron chi connectivity index (χ1n) is 13.5. The highest BCUT2D eigenvalue weighted by Crippen LogP contribution is 2.24. The van der Waals surface area contributed by atoms with E-state index in [-0.39, 0.29) is 44.7 Å². The lowest BCUT2D eigenvalue weighted by Gasteiger charge is -2.17.